The molecule has 0 atom stereocenters. The van der Waals surface area contributed by atoms with Crippen LogP contribution in [0.25, 0.3) is 16.6 Å². The highest BCUT2D eigenvalue weighted by molar-refractivity contribution is 5.90. The summed E-state index contributed by atoms with van der Waals surface area (Å²) in [6, 6.07) is 10.1. The Balaban J connectivity index is 2.36. The molecule has 0 aliphatic heterocycles. The Bertz CT molecular complexity index is 1110. The molecule has 0 radical (unpaired) electrons. The fourth-order valence-corrected chi connectivity index (χ4v) is 2.65. The van der Waals surface area contributed by atoms with Crippen molar-refractivity contribution in [2.45, 2.75) is 13.3 Å². The number of rotatable bonds is 2. The van der Waals surface area contributed by atoms with Crippen molar-refractivity contribution in [3.63, 3.8) is 0 Å². The monoisotopic (exact) mass is 360 g/mol. The summed E-state index contributed by atoms with van der Waals surface area (Å²) in [7, 11) is 0. The number of anilines is 1. The summed E-state index contributed by atoms with van der Waals surface area (Å²) in [5.74, 6) is -0.619. The number of nitriles is 1. The van der Waals surface area contributed by atoms with Crippen molar-refractivity contribution < 1.29 is 17.9 Å². The van der Waals surface area contributed by atoms with Gasteiger partial charge in [-0.05, 0) is 36.8 Å². The topological polar surface area (TPSA) is 93.9 Å². The lowest BCUT2D eigenvalue weighted by atomic mass is 10.1. The van der Waals surface area contributed by atoms with Crippen LogP contribution in [0.1, 0.15) is 11.1 Å². The Hall–Kier alpha value is -3.54. The number of alkyl halides is 3. The van der Waals surface area contributed by atoms with E-state index in [-0.39, 0.29) is 16.7 Å². The van der Waals surface area contributed by atoms with Gasteiger partial charge in [0, 0.05) is 11.5 Å². The summed E-state index contributed by atoms with van der Waals surface area (Å²) in [6.07, 6.45) is -4.88. The van der Waals surface area contributed by atoms with Crippen LogP contribution in [-0.4, -0.2) is 15.9 Å². The molecule has 3 rings (SSSR count). The Morgan fingerprint density at radius 3 is 2.65 bits per heavy atom. The molecule has 0 bridgehead atoms. The van der Waals surface area contributed by atoms with Crippen LogP contribution < -0.4 is 16.2 Å². The van der Waals surface area contributed by atoms with E-state index in [2.05, 4.69) is 9.72 Å². The molecule has 6 nitrogen and oxygen atoms in total. The van der Waals surface area contributed by atoms with E-state index in [0.29, 0.717) is 16.8 Å². The van der Waals surface area contributed by atoms with Crippen LogP contribution in [0.2, 0.25) is 0 Å². The summed E-state index contributed by atoms with van der Waals surface area (Å²) in [5.41, 5.74) is 6.16. The van der Waals surface area contributed by atoms with Gasteiger partial charge in [-0.1, -0.05) is 6.07 Å². The molecule has 0 aliphatic rings. The highest BCUT2D eigenvalue weighted by Gasteiger charge is 2.31. The minimum Gasteiger partial charge on any atom is -0.406 e. The van der Waals surface area contributed by atoms with E-state index in [1.165, 1.54) is 6.07 Å². The van der Waals surface area contributed by atoms with Gasteiger partial charge >= 0.3 is 12.1 Å². The molecule has 1 aromatic heterocycles. The van der Waals surface area contributed by atoms with Gasteiger partial charge in [0.15, 0.2) is 0 Å². The number of benzene rings is 2. The molecule has 2 N–H and O–H groups in total. The van der Waals surface area contributed by atoms with Crippen LogP contribution in [0.15, 0.2) is 41.2 Å². The van der Waals surface area contributed by atoms with E-state index in [0.717, 1.165) is 16.7 Å². The molecule has 26 heavy (non-hydrogen) atoms. The number of halogens is 3. The van der Waals surface area contributed by atoms with Gasteiger partial charge in [-0.2, -0.15) is 10.2 Å². The molecule has 0 saturated carbocycles. The standard InChI is InChI=1S/C17H11F3N4O2/c1-9-10(8-21)3-2-4-13(9)24-14-7-11(26-17(18,19)20)5-6-12(14)15(22)23-16(24)25/h2-7H,1H3,(H2,22,23,25). The summed E-state index contributed by atoms with van der Waals surface area (Å²) in [5, 5.41) is 9.45. The van der Waals surface area contributed by atoms with Crippen molar-refractivity contribution in [2.24, 2.45) is 0 Å². The van der Waals surface area contributed by atoms with Crippen LogP contribution in [0.3, 0.4) is 0 Å². The van der Waals surface area contributed by atoms with Crippen LogP contribution in [0.4, 0.5) is 19.0 Å². The third-order valence-electron chi connectivity index (χ3n) is 3.79. The molecule has 2 aromatic carbocycles. The molecule has 132 valence electrons. The SMILES string of the molecule is Cc1c(C#N)cccc1-n1c(=O)nc(N)c2ccc(OC(F)(F)F)cc21. The maximum absolute atomic E-state index is 12.5. The first-order valence-corrected chi connectivity index (χ1v) is 7.29. The molecule has 9 heteroatoms. The number of nitrogen functional groups attached to an aromatic ring is 1. The molecule has 0 saturated heterocycles. The maximum Gasteiger partial charge on any atom is 0.573 e. The second kappa shape index (κ2) is 6.07. The first-order chi connectivity index (χ1) is 12.2. The number of fused-ring (bicyclic) bond motifs is 1. The van der Waals surface area contributed by atoms with E-state index in [1.54, 1.807) is 25.1 Å². The number of aromatic nitrogens is 2. The number of hydrogen-bond acceptors (Lipinski definition) is 5. The predicted molar refractivity (Wildman–Crippen MR) is 87.9 cm³/mol. The van der Waals surface area contributed by atoms with Gasteiger partial charge in [0.2, 0.25) is 0 Å². The Kier molecular flexibility index (Phi) is 4.04. The smallest absolute Gasteiger partial charge is 0.406 e. The van der Waals surface area contributed by atoms with Gasteiger partial charge in [0.25, 0.3) is 0 Å². The van der Waals surface area contributed by atoms with Crippen LogP contribution >= 0.6 is 0 Å². The quantitative estimate of drug-likeness (QED) is 0.758. The van der Waals surface area contributed by atoms with Gasteiger partial charge < -0.3 is 10.5 Å². The lowest BCUT2D eigenvalue weighted by Crippen LogP contribution is -2.24. The lowest BCUT2D eigenvalue weighted by Gasteiger charge is -2.15. The van der Waals surface area contributed by atoms with E-state index in [4.69, 9.17) is 5.73 Å². The average molecular weight is 360 g/mol. The molecule has 1 heterocycles. The number of hydrogen-bond donors (Lipinski definition) is 1. The molecule has 0 amide bonds. The third kappa shape index (κ3) is 3.04. The highest BCUT2D eigenvalue weighted by atomic mass is 19.4. The Morgan fingerprint density at radius 2 is 2.00 bits per heavy atom. The summed E-state index contributed by atoms with van der Waals surface area (Å²) in [4.78, 5) is 16.1. The second-order valence-corrected chi connectivity index (χ2v) is 5.40. The number of ether oxygens (including phenoxy) is 1. The normalized spacial score (nSPS) is 11.3. The van der Waals surface area contributed by atoms with Crippen LogP contribution in [-0.2, 0) is 0 Å². The number of nitrogens with zero attached hydrogens (tertiary/aromatic N) is 3. The van der Waals surface area contributed by atoms with Crippen molar-refractivity contribution in [3.05, 3.63) is 58.0 Å². The van der Waals surface area contributed by atoms with Crippen LogP contribution in [0.5, 0.6) is 5.75 Å². The zero-order valence-corrected chi connectivity index (χ0v) is 13.3. The Labute approximate surface area is 144 Å². The lowest BCUT2D eigenvalue weighted by molar-refractivity contribution is -0.274. The summed E-state index contributed by atoms with van der Waals surface area (Å²) in [6.45, 7) is 1.62. The summed E-state index contributed by atoms with van der Waals surface area (Å²) >= 11 is 0. The predicted octanol–water partition coefficient (Wildman–Crippen LogP) is 3.05. The maximum atomic E-state index is 12.5. The van der Waals surface area contributed by atoms with Crippen LogP contribution in [0, 0.1) is 18.3 Å². The molecule has 0 unspecified atom stereocenters. The largest absolute Gasteiger partial charge is 0.573 e. The minimum atomic E-state index is -4.88. The molecular weight excluding hydrogens is 349 g/mol. The van der Waals surface area contributed by atoms with E-state index < -0.39 is 17.8 Å². The van der Waals surface area contributed by atoms with E-state index >= 15 is 0 Å². The van der Waals surface area contributed by atoms with Gasteiger partial charge in [-0.3, -0.25) is 4.57 Å². The van der Waals surface area contributed by atoms with Gasteiger partial charge in [-0.15, -0.1) is 13.2 Å². The van der Waals surface area contributed by atoms with E-state index in [9.17, 15) is 23.2 Å². The fraction of sp³-hybridized carbons (Fsp3) is 0.118. The zero-order valence-electron chi connectivity index (χ0n) is 13.3. The van der Waals surface area contributed by atoms with Gasteiger partial charge in [-0.25, -0.2) is 4.79 Å². The molecular formula is C17H11F3N4O2. The van der Waals surface area contributed by atoms with E-state index in [1.807, 2.05) is 6.07 Å². The third-order valence-corrected chi connectivity index (χ3v) is 3.79. The second-order valence-electron chi connectivity index (χ2n) is 5.40. The summed E-state index contributed by atoms with van der Waals surface area (Å²) < 4.78 is 42.6. The van der Waals surface area contributed by atoms with Crippen molar-refractivity contribution in [2.75, 3.05) is 5.73 Å². The van der Waals surface area contributed by atoms with Gasteiger partial charge in [0.1, 0.15) is 11.6 Å². The average Bonchev–Trinajstić information content (AvgIpc) is 2.54. The highest BCUT2D eigenvalue weighted by Crippen LogP contribution is 2.29. The Morgan fingerprint density at radius 1 is 1.27 bits per heavy atom. The molecule has 0 aliphatic carbocycles. The number of nitrogens with two attached hydrogens (primary N) is 1. The zero-order chi connectivity index (χ0) is 19.1. The first kappa shape index (κ1) is 17.3. The first-order valence-electron chi connectivity index (χ1n) is 7.29. The fourth-order valence-electron chi connectivity index (χ4n) is 2.65. The van der Waals surface area contributed by atoms with Gasteiger partial charge in [0.05, 0.1) is 22.8 Å². The van der Waals surface area contributed by atoms with Crippen molar-refractivity contribution >= 4 is 16.7 Å². The molecule has 0 spiro atoms. The van der Waals surface area contributed by atoms with Crippen molar-refractivity contribution in [1.29, 1.82) is 5.26 Å². The molecule has 0 fully saturated rings. The van der Waals surface area contributed by atoms with Crippen molar-refractivity contribution in [3.8, 4) is 17.5 Å². The minimum absolute atomic E-state index is 0.0856. The molecule has 3 aromatic rings. The van der Waals surface area contributed by atoms with Crippen molar-refractivity contribution in [1.82, 2.24) is 9.55 Å².